The van der Waals surface area contributed by atoms with Crippen molar-refractivity contribution >= 4 is 34.3 Å². The topological polar surface area (TPSA) is 79.4 Å². The molecule has 6 heteroatoms. The molecular formula is C21H19N3O3. The summed E-state index contributed by atoms with van der Waals surface area (Å²) in [6.45, 7) is 1.62. The number of aromatic nitrogens is 1. The largest absolute Gasteiger partial charge is 0.324 e. The number of rotatable bonds is 3. The van der Waals surface area contributed by atoms with E-state index >= 15 is 0 Å². The van der Waals surface area contributed by atoms with Gasteiger partial charge in [-0.1, -0.05) is 30.4 Å². The van der Waals surface area contributed by atoms with Gasteiger partial charge in [0.2, 0.25) is 17.7 Å². The van der Waals surface area contributed by atoms with Crippen LogP contribution in [0.2, 0.25) is 0 Å². The maximum atomic E-state index is 12.7. The number of nitrogens with one attached hydrogen (secondary N) is 1. The van der Waals surface area contributed by atoms with E-state index in [2.05, 4.69) is 10.3 Å². The third kappa shape index (κ3) is 2.40. The van der Waals surface area contributed by atoms with Crippen molar-refractivity contribution in [2.24, 2.45) is 23.7 Å². The number of amides is 3. The fourth-order valence-corrected chi connectivity index (χ4v) is 4.86. The van der Waals surface area contributed by atoms with Crippen molar-refractivity contribution in [3.05, 3.63) is 48.2 Å². The Morgan fingerprint density at radius 1 is 1.15 bits per heavy atom. The van der Waals surface area contributed by atoms with Gasteiger partial charge in [0.1, 0.15) is 6.54 Å². The second-order valence-corrected chi connectivity index (χ2v) is 7.64. The van der Waals surface area contributed by atoms with E-state index in [-0.39, 0.29) is 47.9 Å². The molecule has 5 rings (SSSR count). The van der Waals surface area contributed by atoms with Crippen molar-refractivity contribution in [2.45, 2.75) is 13.3 Å². The SMILES string of the molecule is Cc1cc(NC(=O)CN2C(=O)C3C4C=CC(C4)C3C2=O)c2ccccc2n1. The van der Waals surface area contributed by atoms with Gasteiger partial charge in [-0.05, 0) is 37.3 Å². The number of fused-ring (bicyclic) bond motifs is 6. The van der Waals surface area contributed by atoms with Gasteiger partial charge in [0.25, 0.3) is 0 Å². The van der Waals surface area contributed by atoms with Crippen LogP contribution in [-0.2, 0) is 14.4 Å². The molecule has 3 amide bonds. The zero-order valence-corrected chi connectivity index (χ0v) is 14.9. The Hall–Kier alpha value is -3.02. The standard InChI is InChI=1S/C21H19N3O3/c1-11-8-16(14-4-2-3-5-15(14)22-11)23-17(25)10-24-20(26)18-12-6-7-13(9-12)19(18)21(24)27/h2-8,12-13,18-19H,9-10H2,1H3,(H,22,23,25). The minimum atomic E-state index is -0.368. The van der Waals surface area contributed by atoms with Crippen molar-refractivity contribution in [2.75, 3.05) is 11.9 Å². The summed E-state index contributed by atoms with van der Waals surface area (Å²) in [6.07, 6.45) is 4.98. The molecule has 27 heavy (non-hydrogen) atoms. The molecule has 1 aromatic heterocycles. The maximum absolute atomic E-state index is 12.7. The van der Waals surface area contributed by atoms with E-state index in [9.17, 15) is 14.4 Å². The van der Waals surface area contributed by atoms with Crippen LogP contribution in [0.4, 0.5) is 5.69 Å². The van der Waals surface area contributed by atoms with Crippen LogP contribution < -0.4 is 5.32 Å². The zero-order chi connectivity index (χ0) is 18.7. The minimum Gasteiger partial charge on any atom is -0.324 e. The molecule has 2 heterocycles. The van der Waals surface area contributed by atoms with E-state index in [1.807, 2.05) is 43.3 Å². The number of allylic oxidation sites excluding steroid dienone is 2. The lowest BCUT2D eigenvalue weighted by Crippen LogP contribution is -2.39. The van der Waals surface area contributed by atoms with Crippen LogP contribution in [0.3, 0.4) is 0 Å². The van der Waals surface area contributed by atoms with Crippen molar-refractivity contribution < 1.29 is 14.4 Å². The summed E-state index contributed by atoms with van der Waals surface area (Å²) in [5, 5.41) is 3.69. The Bertz CT molecular complexity index is 999. The van der Waals surface area contributed by atoms with Crippen LogP contribution in [0, 0.1) is 30.6 Å². The Balaban J connectivity index is 1.36. The third-order valence-corrected chi connectivity index (χ3v) is 5.98. The van der Waals surface area contributed by atoms with Crippen LogP contribution in [0.5, 0.6) is 0 Å². The monoisotopic (exact) mass is 361 g/mol. The van der Waals surface area contributed by atoms with Crippen molar-refractivity contribution in [1.29, 1.82) is 0 Å². The van der Waals surface area contributed by atoms with Gasteiger partial charge in [-0.2, -0.15) is 0 Å². The molecule has 1 saturated heterocycles. The predicted molar refractivity (Wildman–Crippen MR) is 99.5 cm³/mol. The molecule has 0 radical (unpaired) electrons. The van der Waals surface area contributed by atoms with E-state index in [4.69, 9.17) is 0 Å². The number of hydrogen-bond donors (Lipinski definition) is 1. The quantitative estimate of drug-likeness (QED) is 0.672. The number of pyridine rings is 1. The Kier molecular flexibility index (Phi) is 3.44. The predicted octanol–water partition coefficient (Wildman–Crippen LogP) is 2.29. The smallest absolute Gasteiger partial charge is 0.244 e. The van der Waals surface area contributed by atoms with Crippen LogP contribution in [0.25, 0.3) is 10.9 Å². The highest BCUT2D eigenvalue weighted by atomic mass is 16.2. The summed E-state index contributed by atoms with van der Waals surface area (Å²) < 4.78 is 0. The third-order valence-electron chi connectivity index (χ3n) is 5.98. The molecule has 136 valence electrons. The van der Waals surface area contributed by atoms with Gasteiger partial charge in [-0.3, -0.25) is 24.3 Å². The molecule has 2 aliphatic carbocycles. The summed E-state index contributed by atoms with van der Waals surface area (Å²) in [7, 11) is 0. The Labute approximate surface area is 156 Å². The van der Waals surface area contributed by atoms with Crippen molar-refractivity contribution in [3.8, 4) is 0 Å². The lowest BCUT2D eigenvalue weighted by Gasteiger charge is -2.17. The molecule has 1 aliphatic heterocycles. The molecule has 4 atom stereocenters. The lowest BCUT2D eigenvalue weighted by molar-refractivity contribution is -0.143. The van der Waals surface area contributed by atoms with E-state index in [0.29, 0.717) is 5.69 Å². The molecule has 1 N–H and O–H groups in total. The average molecular weight is 361 g/mol. The number of hydrogen-bond acceptors (Lipinski definition) is 4. The molecular weight excluding hydrogens is 342 g/mol. The second-order valence-electron chi connectivity index (χ2n) is 7.64. The second kappa shape index (κ2) is 5.74. The summed E-state index contributed by atoms with van der Waals surface area (Å²) in [5.41, 5.74) is 2.22. The maximum Gasteiger partial charge on any atom is 0.244 e. The number of aryl methyl sites for hydroxylation is 1. The molecule has 6 nitrogen and oxygen atoms in total. The molecule has 4 unspecified atom stereocenters. The number of anilines is 1. The summed E-state index contributed by atoms with van der Waals surface area (Å²) >= 11 is 0. The highest BCUT2D eigenvalue weighted by molar-refractivity contribution is 6.10. The minimum absolute atomic E-state index is 0.149. The Morgan fingerprint density at radius 2 is 1.81 bits per heavy atom. The van der Waals surface area contributed by atoms with E-state index in [1.165, 1.54) is 0 Å². The van der Waals surface area contributed by atoms with E-state index in [1.54, 1.807) is 6.07 Å². The van der Waals surface area contributed by atoms with Gasteiger partial charge in [0.15, 0.2) is 0 Å². The van der Waals surface area contributed by atoms with Gasteiger partial charge >= 0.3 is 0 Å². The number of para-hydroxylation sites is 1. The number of likely N-dealkylation sites (tertiary alicyclic amines) is 1. The van der Waals surface area contributed by atoms with Crippen LogP contribution in [-0.4, -0.2) is 34.2 Å². The number of imide groups is 1. The normalized spacial score (nSPS) is 28.3. The first-order valence-corrected chi connectivity index (χ1v) is 9.23. The summed E-state index contributed by atoms with van der Waals surface area (Å²) in [5.74, 6) is -1.02. The number of nitrogens with zero attached hydrogens (tertiary/aromatic N) is 2. The summed E-state index contributed by atoms with van der Waals surface area (Å²) in [6, 6.07) is 9.34. The number of benzene rings is 1. The van der Waals surface area contributed by atoms with Gasteiger partial charge in [0.05, 0.1) is 23.0 Å². The van der Waals surface area contributed by atoms with Gasteiger partial charge < -0.3 is 5.32 Å². The van der Waals surface area contributed by atoms with Gasteiger partial charge in [0, 0.05) is 11.1 Å². The molecule has 3 aliphatic rings. The first-order chi connectivity index (χ1) is 13.0. The fourth-order valence-electron chi connectivity index (χ4n) is 4.86. The Morgan fingerprint density at radius 3 is 2.52 bits per heavy atom. The number of carbonyl (C=O) groups is 3. The molecule has 2 fully saturated rings. The van der Waals surface area contributed by atoms with E-state index < -0.39 is 0 Å². The molecule has 1 saturated carbocycles. The lowest BCUT2D eigenvalue weighted by atomic mass is 9.85. The molecule has 2 bridgehead atoms. The number of carbonyl (C=O) groups excluding carboxylic acids is 3. The zero-order valence-electron chi connectivity index (χ0n) is 14.9. The van der Waals surface area contributed by atoms with Crippen molar-refractivity contribution in [3.63, 3.8) is 0 Å². The van der Waals surface area contributed by atoms with Crippen LogP contribution in [0.1, 0.15) is 12.1 Å². The van der Waals surface area contributed by atoms with Crippen molar-refractivity contribution in [1.82, 2.24) is 9.88 Å². The first kappa shape index (κ1) is 16.2. The average Bonchev–Trinajstić information content (AvgIpc) is 3.32. The van der Waals surface area contributed by atoms with Crippen LogP contribution in [0.15, 0.2) is 42.5 Å². The van der Waals surface area contributed by atoms with E-state index in [0.717, 1.165) is 27.9 Å². The van der Waals surface area contributed by atoms with Gasteiger partial charge in [-0.15, -0.1) is 0 Å². The molecule has 0 spiro atoms. The first-order valence-electron chi connectivity index (χ1n) is 9.23. The molecule has 2 aromatic rings. The highest BCUT2D eigenvalue weighted by Gasteiger charge is 2.59. The highest BCUT2D eigenvalue weighted by Crippen LogP contribution is 2.52. The summed E-state index contributed by atoms with van der Waals surface area (Å²) in [4.78, 5) is 43.7. The fraction of sp³-hybridized carbons (Fsp3) is 0.333. The molecule has 1 aromatic carbocycles. The van der Waals surface area contributed by atoms with Crippen LogP contribution >= 0.6 is 0 Å². The van der Waals surface area contributed by atoms with Gasteiger partial charge in [-0.25, -0.2) is 0 Å².